The zero-order chi connectivity index (χ0) is 14.5. The Kier molecular flexibility index (Phi) is 5.99. The lowest BCUT2D eigenvalue weighted by molar-refractivity contribution is 0.183. The summed E-state index contributed by atoms with van der Waals surface area (Å²) in [6.45, 7) is 3.73. The van der Waals surface area contributed by atoms with E-state index in [1.54, 1.807) is 0 Å². The van der Waals surface area contributed by atoms with Crippen molar-refractivity contribution in [2.75, 3.05) is 6.54 Å². The second kappa shape index (κ2) is 7.97. The molecule has 2 aliphatic carbocycles. The highest BCUT2D eigenvalue weighted by molar-refractivity contribution is 4.93. The van der Waals surface area contributed by atoms with Crippen LogP contribution >= 0.6 is 0 Å². The molecule has 1 aliphatic heterocycles. The van der Waals surface area contributed by atoms with Crippen LogP contribution in [0.5, 0.6) is 0 Å². The summed E-state index contributed by atoms with van der Waals surface area (Å²) >= 11 is 0. The van der Waals surface area contributed by atoms with Crippen LogP contribution in [0.2, 0.25) is 0 Å². The topological polar surface area (TPSA) is 24.1 Å². The highest BCUT2D eigenvalue weighted by Gasteiger charge is 2.34. The van der Waals surface area contributed by atoms with Crippen molar-refractivity contribution in [2.45, 2.75) is 102 Å². The van der Waals surface area contributed by atoms with Crippen LogP contribution in [0, 0.1) is 11.8 Å². The molecule has 1 saturated heterocycles. The van der Waals surface area contributed by atoms with Gasteiger partial charge in [-0.05, 0) is 63.8 Å². The van der Waals surface area contributed by atoms with Crippen LogP contribution in [-0.2, 0) is 0 Å². The molecule has 0 spiro atoms. The second-order valence-electron chi connectivity index (χ2n) is 7.96. The van der Waals surface area contributed by atoms with E-state index in [-0.39, 0.29) is 0 Å². The first-order valence-electron chi connectivity index (χ1n) is 9.84. The zero-order valence-corrected chi connectivity index (χ0v) is 14.1. The Morgan fingerprint density at radius 2 is 1.52 bits per heavy atom. The van der Waals surface area contributed by atoms with Gasteiger partial charge in [0.05, 0.1) is 0 Å². The molecular weight excluding hydrogens is 256 g/mol. The number of rotatable bonds is 4. The summed E-state index contributed by atoms with van der Waals surface area (Å²) < 4.78 is 0. The average molecular weight is 293 g/mol. The van der Waals surface area contributed by atoms with Gasteiger partial charge in [-0.1, -0.05) is 38.5 Å². The molecule has 1 heterocycles. The van der Waals surface area contributed by atoms with E-state index < -0.39 is 0 Å². The van der Waals surface area contributed by atoms with Crippen molar-refractivity contribution in [1.82, 2.24) is 10.6 Å². The maximum atomic E-state index is 4.10. The largest absolute Gasteiger partial charge is 0.314 e. The van der Waals surface area contributed by atoms with Crippen LogP contribution < -0.4 is 10.6 Å². The maximum absolute atomic E-state index is 4.10. The van der Waals surface area contributed by atoms with Crippen molar-refractivity contribution in [3.8, 4) is 0 Å². The molecule has 0 amide bonds. The van der Waals surface area contributed by atoms with Gasteiger partial charge in [-0.2, -0.15) is 0 Å². The van der Waals surface area contributed by atoms with Gasteiger partial charge in [-0.25, -0.2) is 0 Å². The molecule has 0 aromatic carbocycles. The monoisotopic (exact) mass is 292 g/mol. The molecule has 21 heavy (non-hydrogen) atoms. The molecule has 3 aliphatic rings. The van der Waals surface area contributed by atoms with E-state index in [9.17, 15) is 0 Å². The molecular formula is C19H36N2. The summed E-state index contributed by atoms with van der Waals surface area (Å²) in [7, 11) is 0. The van der Waals surface area contributed by atoms with Gasteiger partial charge in [0.2, 0.25) is 0 Å². The first kappa shape index (κ1) is 15.8. The lowest BCUT2D eigenvalue weighted by Gasteiger charge is -2.39. The van der Waals surface area contributed by atoms with Gasteiger partial charge in [0.25, 0.3) is 0 Å². The molecule has 2 N–H and O–H groups in total. The number of hydrogen-bond donors (Lipinski definition) is 2. The highest BCUT2D eigenvalue weighted by Crippen LogP contribution is 2.32. The van der Waals surface area contributed by atoms with Crippen LogP contribution in [0.4, 0.5) is 0 Å². The minimum Gasteiger partial charge on any atom is -0.314 e. The van der Waals surface area contributed by atoms with Crippen molar-refractivity contribution < 1.29 is 0 Å². The first-order valence-corrected chi connectivity index (χ1v) is 9.84. The molecule has 0 radical (unpaired) electrons. The predicted molar refractivity (Wildman–Crippen MR) is 90.6 cm³/mol. The Balaban J connectivity index is 1.55. The molecule has 3 rings (SSSR count). The Morgan fingerprint density at radius 1 is 0.810 bits per heavy atom. The molecule has 2 heteroatoms. The Hall–Kier alpha value is -0.0800. The van der Waals surface area contributed by atoms with E-state index in [4.69, 9.17) is 0 Å². The predicted octanol–water partition coefficient (Wildman–Crippen LogP) is 4.25. The van der Waals surface area contributed by atoms with Crippen molar-refractivity contribution in [3.05, 3.63) is 0 Å². The van der Waals surface area contributed by atoms with E-state index >= 15 is 0 Å². The smallest absolute Gasteiger partial charge is 0.0113 e. The van der Waals surface area contributed by atoms with E-state index in [0.717, 1.165) is 30.0 Å². The summed E-state index contributed by atoms with van der Waals surface area (Å²) in [5, 5.41) is 7.88. The minimum absolute atomic E-state index is 0.732. The van der Waals surface area contributed by atoms with Crippen LogP contribution in [0.1, 0.15) is 84.0 Å². The Morgan fingerprint density at radius 3 is 2.24 bits per heavy atom. The average Bonchev–Trinajstić information content (AvgIpc) is 2.89. The lowest BCUT2D eigenvalue weighted by atomic mass is 9.78. The van der Waals surface area contributed by atoms with Crippen LogP contribution in [0.25, 0.3) is 0 Å². The quantitative estimate of drug-likeness (QED) is 0.757. The van der Waals surface area contributed by atoms with Crippen LogP contribution in [-0.4, -0.2) is 24.7 Å². The van der Waals surface area contributed by atoms with Gasteiger partial charge in [-0.15, -0.1) is 0 Å². The normalized spacial score (nSPS) is 37.3. The number of hydrogen-bond acceptors (Lipinski definition) is 2. The van der Waals surface area contributed by atoms with E-state index in [0.29, 0.717) is 0 Å². The van der Waals surface area contributed by atoms with Crippen molar-refractivity contribution >= 4 is 0 Å². The molecule has 0 aromatic heterocycles. The SMILES string of the molecule is C[C@H](NC1CCCCC1C1CCCN1)C1CCCCCC1. The summed E-state index contributed by atoms with van der Waals surface area (Å²) in [5.41, 5.74) is 0. The van der Waals surface area contributed by atoms with E-state index in [1.165, 1.54) is 83.6 Å². The summed E-state index contributed by atoms with van der Waals surface area (Å²) in [4.78, 5) is 0. The number of nitrogens with one attached hydrogen (secondary N) is 2. The molecule has 2 nitrogen and oxygen atoms in total. The standard InChI is InChI=1S/C19H36N2/c1-15(16-9-4-2-3-5-10-16)21-19-12-7-6-11-17(19)18-13-8-14-20-18/h15-21H,2-14H2,1H3/t15-,17?,18?,19?/m0/s1. The van der Waals surface area contributed by atoms with Gasteiger partial charge < -0.3 is 10.6 Å². The molecule has 2 saturated carbocycles. The fourth-order valence-corrected chi connectivity index (χ4v) is 5.21. The third-order valence-electron chi connectivity index (χ3n) is 6.52. The fraction of sp³-hybridized carbons (Fsp3) is 1.00. The van der Waals surface area contributed by atoms with Gasteiger partial charge in [0.15, 0.2) is 0 Å². The molecule has 3 unspecified atom stereocenters. The summed E-state index contributed by atoms with van der Waals surface area (Å²) in [5.74, 6) is 1.83. The van der Waals surface area contributed by atoms with Crippen molar-refractivity contribution in [1.29, 1.82) is 0 Å². The highest BCUT2D eigenvalue weighted by atomic mass is 15.0. The first-order chi connectivity index (χ1) is 10.3. The van der Waals surface area contributed by atoms with Gasteiger partial charge >= 0.3 is 0 Å². The molecule has 0 bridgehead atoms. The van der Waals surface area contributed by atoms with E-state index in [2.05, 4.69) is 17.6 Å². The maximum Gasteiger partial charge on any atom is 0.0113 e. The van der Waals surface area contributed by atoms with Gasteiger partial charge in [0, 0.05) is 18.1 Å². The zero-order valence-electron chi connectivity index (χ0n) is 14.1. The van der Waals surface area contributed by atoms with Gasteiger partial charge in [-0.3, -0.25) is 0 Å². The minimum atomic E-state index is 0.732. The molecule has 4 atom stereocenters. The lowest BCUT2D eigenvalue weighted by Crippen LogP contribution is -2.51. The van der Waals surface area contributed by atoms with E-state index in [1.807, 2.05) is 0 Å². The molecule has 3 fully saturated rings. The van der Waals surface area contributed by atoms with Crippen molar-refractivity contribution in [3.63, 3.8) is 0 Å². The fourth-order valence-electron chi connectivity index (χ4n) is 5.21. The van der Waals surface area contributed by atoms with Crippen molar-refractivity contribution in [2.24, 2.45) is 11.8 Å². The van der Waals surface area contributed by atoms with Crippen LogP contribution in [0.15, 0.2) is 0 Å². The van der Waals surface area contributed by atoms with Gasteiger partial charge in [0.1, 0.15) is 0 Å². The molecule has 122 valence electrons. The summed E-state index contributed by atoms with van der Waals surface area (Å²) in [6, 6.07) is 2.33. The third-order valence-corrected chi connectivity index (χ3v) is 6.52. The molecule has 0 aromatic rings. The Labute approximate surface area is 131 Å². The summed E-state index contributed by atoms with van der Waals surface area (Å²) in [6.07, 6.45) is 17.4. The third kappa shape index (κ3) is 4.22. The van der Waals surface area contributed by atoms with Crippen LogP contribution in [0.3, 0.4) is 0 Å². The Bertz CT molecular complexity index is 290. The second-order valence-corrected chi connectivity index (χ2v) is 7.96.